The molecule has 70 valence electrons. The van der Waals surface area contributed by atoms with Crippen molar-refractivity contribution in [1.82, 2.24) is 0 Å². The smallest absolute Gasteiger partial charge is 0.133 e. The molecule has 1 unspecified atom stereocenters. The number of nitriles is 1. The van der Waals surface area contributed by atoms with Crippen LogP contribution in [0.5, 0.6) is 0 Å². The summed E-state index contributed by atoms with van der Waals surface area (Å²) < 4.78 is 5.42. The Labute approximate surface area is 83.1 Å². The first-order valence-electron chi connectivity index (χ1n) is 4.72. The van der Waals surface area contributed by atoms with E-state index in [0.717, 1.165) is 23.3 Å². The van der Waals surface area contributed by atoms with E-state index in [1.807, 2.05) is 31.2 Å². The molecule has 1 heterocycles. The van der Waals surface area contributed by atoms with Crippen LogP contribution >= 0.6 is 0 Å². The average Bonchev–Trinajstić information content (AvgIpc) is 2.66. The summed E-state index contributed by atoms with van der Waals surface area (Å²) in [6.07, 6.45) is 2.50. The van der Waals surface area contributed by atoms with Gasteiger partial charge in [0.15, 0.2) is 0 Å². The highest BCUT2D eigenvalue weighted by molar-refractivity contribution is 5.61. The highest BCUT2D eigenvalue weighted by Crippen LogP contribution is 2.28. The molecule has 0 bridgehead atoms. The highest BCUT2D eigenvalue weighted by atomic mass is 16.3. The van der Waals surface area contributed by atoms with Crippen molar-refractivity contribution in [1.29, 1.82) is 5.26 Å². The fourth-order valence-corrected chi connectivity index (χ4v) is 1.57. The van der Waals surface area contributed by atoms with Crippen molar-refractivity contribution in [3.05, 3.63) is 36.1 Å². The van der Waals surface area contributed by atoms with Gasteiger partial charge in [-0.05, 0) is 18.6 Å². The third-order valence-electron chi connectivity index (χ3n) is 2.42. The van der Waals surface area contributed by atoms with Gasteiger partial charge in [0.05, 0.1) is 18.3 Å². The average molecular weight is 185 g/mol. The van der Waals surface area contributed by atoms with Gasteiger partial charge >= 0.3 is 0 Å². The summed E-state index contributed by atoms with van der Waals surface area (Å²) in [5.41, 5.74) is 2.03. The summed E-state index contributed by atoms with van der Waals surface area (Å²) in [7, 11) is 0. The van der Waals surface area contributed by atoms with Crippen molar-refractivity contribution >= 4 is 0 Å². The maximum atomic E-state index is 8.91. The molecule has 0 amide bonds. The van der Waals surface area contributed by atoms with Crippen molar-refractivity contribution in [3.63, 3.8) is 0 Å². The standard InChI is InChI=1S/C12H11NO/c1-2-9(7-13)11-6-10-4-3-5-12(10)14-8-11/h3-6,8-9H,2H2,1H3. The topological polar surface area (TPSA) is 36.9 Å². The van der Waals surface area contributed by atoms with E-state index in [1.165, 1.54) is 0 Å². The fourth-order valence-electron chi connectivity index (χ4n) is 1.57. The molecule has 14 heavy (non-hydrogen) atoms. The number of fused-ring (bicyclic) bond motifs is 1. The monoisotopic (exact) mass is 185 g/mol. The second-order valence-electron chi connectivity index (χ2n) is 3.32. The van der Waals surface area contributed by atoms with Crippen LogP contribution in [-0.4, -0.2) is 0 Å². The number of rotatable bonds is 2. The van der Waals surface area contributed by atoms with Gasteiger partial charge in [-0.25, -0.2) is 0 Å². The molecule has 0 saturated carbocycles. The predicted octanol–water partition coefficient (Wildman–Crippen LogP) is 3.40. The molecule has 0 aromatic carbocycles. The second kappa shape index (κ2) is 3.55. The minimum Gasteiger partial charge on any atom is -0.464 e. The fraction of sp³-hybridized carbons (Fsp3) is 0.250. The lowest BCUT2D eigenvalue weighted by molar-refractivity contribution is 0.553. The number of hydrogen-bond acceptors (Lipinski definition) is 2. The Kier molecular flexibility index (Phi) is 2.24. The van der Waals surface area contributed by atoms with Gasteiger partial charge in [-0.3, -0.25) is 0 Å². The summed E-state index contributed by atoms with van der Waals surface area (Å²) in [6.45, 7) is 2.00. The Morgan fingerprint density at radius 2 is 2.36 bits per heavy atom. The van der Waals surface area contributed by atoms with E-state index in [9.17, 15) is 0 Å². The van der Waals surface area contributed by atoms with Crippen LogP contribution < -0.4 is 0 Å². The van der Waals surface area contributed by atoms with E-state index in [2.05, 4.69) is 6.07 Å². The van der Waals surface area contributed by atoms with E-state index >= 15 is 0 Å². The first kappa shape index (κ1) is 8.83. The van der Waals surface area contributed by atoms with Crippen LogP contribution in [-0.2, 0) is 0 Å². The van der Waals surface area contributed by atoms with Gasteiger partial charge < -0.3 is 4.42 Å². The molecular weight excluding hydrogens is 174 g/mol. The molecular formula is C12H11NO. The SMILES string of the molecule is CCC(C#N)c1coc2cccc-2c1. The van der Waals surface area contributed by atoms with Crippen molar-refractivity contribution in [2.24, 2.45) is 0 Å². The summed E-state index contributed by atoms with van der Waals surface area (Å²) in [5, 5.41) is 8.91. The van der Waals surface area contributed by atoms with Crippen molar-refractivity contribution in [3.8, 4) is 17.4 Å². The number of hydrogen-bond donors (Lipinski definition) is 0. The maximum absolute atomic E-state index is 8.91. The van der Waals surface area contributed by atoms with Crippen LogP contribution in [0.4, 0.5) is 0 Å². The summed E-state index contributed by atoms with van der Waals surface area (Å²) in [4.78, 5) is 0. The zero-order chi connectivity index (χ0) is 9.97. The molecule has 2 nitrogen and oxygen atoms in total. The van der Waals surface area contributed by atoms with Crippen LogP contribution in [0.1, 0.15) is 24.8 Å². The molecule has 0 saturated heterocycles. The van der Waals surface area contributed by atoms with Gasteiger partial charge in [0.2, 0.25) is 0 Å². The van der Waals surface area contributed by atoms with Gasteiger partial charge in [-0.15, -0.1) is 0 Å². The minimum atomic E-state index is -0.0574. The lowest BCUT2D eigenvalue weighted by atomic mass is 9.99. The first-order chi connectivity index (χ1) is 6.85. The Balaban J connectivity index is 2.45. The Hall–Kier alpha value is -1.75. The lowest BCUT2D eigenvalue weighted by Gasteiger charge is -2.07. The number of nitrogens with zero attached hydrogens (tertiary/aromatic N) is 1. The van der Waals surface area contributed by atoms with Gasteiger partial charge in [0, 0.05) is 11.1 Å². The van der Waals surface area contributed by atoms with E-state index in [1.54, 1.807) is 6.26 Å². The van der Waals surface area contributed by atoms with Gasteiger partial charge in [0.1, 0.15) is 5.76 Å². The largest absolute Gasteiger partial charge is 0.464 e. The molecule has 2 rings (SSSR count). The molecule has 1 aliphatic carbocycles. The van der Waals surface area contributed by atoms with Gasteiger partial charge in [0.25, 0.3) is 0 Å². The maximum Gasteiger partial charge on any atom is 0.133 e. The minimum absolute atomic E-state index is 0.0574. The van der Waals surface area contributed by atoms with Crippen LogP contribution in [0.2, 0.25) is 0 Å². The van der Waals surface area contributed by atoms with E-state index in [-0.39, 0.29) is 5.92 Å². The van der Waals surface area contributed by atoms with Crippen LogP contribution in [0.15, 0.2) is 34.9 Å². The van der Waals surface area contributed by atoms with Crippen molar-refractivity contribution < 1.29 is 4.42 Å². The second-order valence-corrected chi connectivity index (χ2v) is 3.32. The molecule has 0 N–H and O–H groups in total. The van der Waals surface area contributed by atoms with Gasteiger partial charge in [-0.2, -0.15) is 5.26 Å². The molecule has 1 atom stereocenters. The highest BCUT2D eigenvalue weighted by Gasteiger charge is 2.12. The molecule has 2 aliphatic rings. The van der Waals surface area contributed by atoms with Crippen LogP contribution in [0.3, 0.4) is 0 Å². The summed E-state index contributed by atoms with van der Waals surface area (Å²) in [5.74, 6) is 0.819. The zero-order valence-corrected chi connectivity index (χ0v) is 8.03. The molecule has 0 spiro atoms. The van der Waals surface area contributed by atoms with E-state index in [0.29, 0.717) is 0 Å². The Morgan fingerprint density at radius 3 is 3.07 bits per heavy atom. The first-order valence-corrected chi connectivity index (χ1v) is 4.72. The molecule has 0 fully saturated rings. The summed E-state index contributed by atoms with van der Waals surface area (Å²) >= 11 is 0. The molecule has 2 heteroatoms. The van der Waals surface area contributed by atoms with Crippen molar-refractivity contribution in [2.75, 3.05) is 0 Å². The third kappa shape index (κ3) is 1.38. The van der Waals surface area contributed by atoms with Crippen LogP contribution in [0.25, 0.3) is 11.3 Å². The zero-order valence-electron chi connectivity index (χ0n) is 8.03. The lowest BCUT2D eigenvalue weighted by Crippen LogP contribution is -1.93. The summed E-state index contributed by atoms with van der Waals surface area (Å²) in [6, 6.07) is 10.2. The molecule has 0 radical (unpaired) electrons. The predicted molar refractivity (Wildman–Crippen MR) is 54.0 cm³/mol. The molecule has 1 aliphatic heterocycles. The Bertz CT molecular complexity index is 438. The van der Waals surface area contributed by atoms with E-state index < -0.39 is 0 Å². The Morgan fingerprint density at radius 1 is 1.50 bits per heavy atom. The third-order valence-corrected chi connectivity index (χ3v) is 2.42. The normalized spacial score (nSPS) is 12.6. The molecule has 0 aromatic heterocycles. The van der Waals surface area contributed by atoms with E-state index in [4.69, 9.17) is 9.68 Å². The van der Waals surface area contributed by atoms with Crippen molar-refractivity contribution in [2.45, 2.75) is 19.3 Å². The van der Waals surface area contributed by atoms with Gasteiger partial charge in [-0.1, -0.05) is 19.1 Å². The molecule has 0 aromatic rings. The van der Waals surface area contributed by atoms with Crippen LogP contribution in [0, 0.1) is 11.3 Å². The quantitative estimate of drug-likeness (QED) is 0.719.